The minimum Gasteiger partial charge on any atom is -0.379 e. The summed E-state index contributed by atoms with van der Waals surface area (Å²) in [6.07, 6.45) is 5.63. The zero-order valence-electron chi connectivity index (χ0n) is 10.1. The molecule has 1 aliphatic rings. The van der Waals surface area contributed by atoms with E-state index in [4.69, 9.17) is 10.5 Å². The zero-order valence-corrected chi connectivity index (χ0v) is 10.1. The Hall–Kier alpha value is -0.870. The molecule has 0 heterocycles. The van der Waals surface area contributed by atoms with Crippen LogP contribution in [-0.4, -0.2) is 31.2 Å². The van der Waals surface area contributed by atoms with Crippen LogP contribution in [0.2, 0.25) is 0 Å². The lowest BCUT2D eigenvalue weighted by Crippen LogP contribution is -2.31. The van der Waals surface area contributed by atoms with Crippen LogP contribution in [0.15, 0.2) is 12.2 Å². The Morgan fingerprint density at radius 2 is 2.31 bits per heavy atom. The molecule has 2 atom stereocenters. The second-order valence-electron chi connectivity index (χ2n) is 4.46. The second kappa shape index (κ2) is 6.66. The van der Waals surface area contributed by atoms with Crippen molar-refractivity contribution in [3.8, 4) is 0 Å². The standard InChI is InChI=1S/C12H22N2O2/c1-9(2)16-7-3-6-14-12(15)10-4-5-11(13)8-10/h4-5,9-11H,3,6-8,13H2,1-2H3,(H,14,15). The van der Waals surface area contributed by atoms with E-state index in [9.17, 15) is 4.79 Å². The summed E-state index contributed by atoms with van der Waals surface area (Å²) in [5.41, 5.74) is 5.69. The van der Waals surface area contributed by atoms with E-state index in [1.807, 2.05) is 26.0 Å². The van der Waals surface area contributed by atoms with E-state index in [2.05, 4.69) is 5.32 Å². The maximum atomic E-state index is 11.6. The third-order valence-electron chi connectivity index (χ3n) is 2.53. The van der Waals surface area contributed by atoms with Crippen molar-refractivity contribution in [2.24, 2.45) is 11.7 Å². The third kappa shape index (κ3) is 4.77. The van der Waals surface area contributed by atoms with E-state index in [0.29, 0.717) is 13.2 Å². The fourth-order valence-electron chi connectivity index (χ4n) is 1.66. The van der Waals surface area contributed by atoms with Crippen molar-refractivity contribution in [3.05, 3.63) is 12.2 Å². The average Bonchev–Trinajstić information content (AvgIpc) is 2.63. The zero-order chi connectivity index (χ0) is 12.0. The summed E-state index contributed by atoms with van der Waals surface area (Å²) >= 11 is 0. The first-order chi connectivity index (χ1) is 7.59. The van der Waals surface area contributed by atoms with Crippen LogP contribution in [0.4, 0.5) is 0 Å². The number of nitrogens with one attached hydrogen (secondary N) is 1. The molecule has 0 aromatic carbocycles. The Kier molecular flexibility index (Phi) is 5.49. The van der Waals surface area contributed by atoms with Gasteiger partial charge in [0.25, 0.3) is 0 Å². The Labute approximate surface area is 97.2 Å². The monoisotopic (exact) mass is 226 g/mol. The van der Waals surface area contributed by atoms with Gasteiger partial charge in [-0.1, -0.05) is 12.2 Å². The summed E-state index contributed by atoms with van der Waals surface area (Å²) in [7, 11) is 0. The molecule has 3 N–H and O–H groups in total. The number of rotatable bonds is 6. The van der Waals surface area contributed by atoms with Gasteiger partial charge in [0.1, 0.15) is 0 Å². The summed E-state index contributed by atoms with van der Waals surface area (Å²) < 4.78 is 5.38. The van der Waals surface area contributed by atoms with Crippen LogP contribution >= 0.6 is 0 Å². The van der Waals surface area contributed by atoms with E-state index in [1.165, 1.54) is 0 Å². The molecular weight excluding hydrogens is 204 g/mol. The highest BCUT2D eigenvalue weighted by atomic mass is 16.5. The number of ether oxygens (including phenoxy) is 1. The van der Waals surface area contributed by atoms with Gasteiger partial charge in [0.15, 0.2) is 0 Å². The molecule has 0 aromatic heterocycles. The number of nitrogens with two attached hydrogens (primary N) is 1. The summed E-state index contributed by atoms with van der Waals surface area (Å²) in [6, 6.07) is 0.0417. The van der Waals surface area contributed by atoms with Crippen LogP contribution in [0.3, 0.4) is 0 Å². The predicted octanol–water partition coefficient (Wildman–Crippen LogP) is 0.821. The molecule has 0 bridgehead atoms. The predicted molar refractivity (Wildman–Crippen MR) is 63.9 cm³/mol. The SMILES string of the molecule is CC(C)OCCCNC(=O)C1C=CC(N)C1. The fraction of sp³-hybridized carbons (Fsp3) is 0.750. The molecule has 4 nitrogen and oxygen atoms in total. The molecule has 0 radical (unpaired) electrons. The molecule has 1 rings (SSSR count). The first kappa shape index (κ1) is 13.2. The van der Waals surface area contributed by atoms with Gasteiger partial charge in [-0.2, -0.15) is 0 Å². The van der Waals surface area contributed by atoms with Crippen molar-refractivity contribution < 1.29 is 9.53 Å². The van der Waals surface area contributed by atoms with Crippen molar-refractivity contribution in [1.82, 2.24) is 5.32 Å². The molecular formula is C12H22N2O2. The van der Waals surface area contributed by atoms with Crippen LogP contribution in [0.25, 0.3) is 0 Å². The molecule has 0 saturated carbocycles. The van der Waals surface area contributed by atoms with Gasteiger partial charge in [-0.15, -0.1) is 0 Å². The van der Waals surface area contributed by atoms with Crippen LogP contribution in [-0.2, 0) is 9.53 Å². The first-order valence-corrected chi connectivity index (χ1v) is 5.93. The molecule has 0 aliphatic heterocycles. The minimum atomic E-state index is -0.0407. The molecule has 0 fully saturated rings. The Morgan fingerprint density at radius 3 is 2.88 bits per heavy atom. The number of carbonyl (C=O) groups excluding carboxylic acids is 1. The maximum Gasteiger partial charge on any atom is 0.226 e. The van der Waals surface area contributed by atoms with Gasteiger partial charge >= 0.3 is 0 Å². The second-order valence-corrected chi connectivity index (χ2v) is 4.46. The van der Waals surface area contributed by atoms with Gasteiger partial charge in [-0.3, -0.25) is 4.79 Å². The average molecular weight is 226 g/mol. The molecule has 92 valence electrons. The number of hydrogen-bond acceptors (Lipinski definition) is 3. The van der Waals surface area contributed by atoms with Crippen molar-refractivity contribution in [2.75, 3.05) is 13.2 Å². The van der Waals surface area contributed by atoms with Crippen molar-refractivity contribution >= 4 is 5.91 Å². The minimum absolute atomic E-state index is 0.0407. The topological polar surface area (TPSA) is 64.3 Å². The Bertz CT molecular complexity index is 251. The molecule has 0 saturated heterocycles. The van der Waals surface area contributed by atoms with Crippen LogP contribution in [0.1, 0.15) is 26.7 Å². The molecule has 1 aliphatic carbocycles. The van der Waals surface area contributed by atoms with E-state index in [0.717, 1.165) is 12.8 Å². The normalized spacial score (nSPS) is 24.0. The lowest BCUT2D eigenvalue weighted by Gasteiger charge is -2.11. The first-order valence-electron chi connectivity index (χ1n) is 5.93. The summed E-state index contributed by atoms with van der Waals surface area (Å²) in [5, 5.41) is 2.89. The maximum absolute atomic E-state index is 11.6. The highest BCUT2D eigenvalue weighted by molar-refractivity contribution is 5.81. The largest absolute Gasteiger partial charge is 0.379 e. The van der Waals surface area contributed by atoms with Crippen LogP contribution in [0, 0.1) is 5.92 Å². The number of amides is 1. The third-order valence-corrected chi connectivity index (χ3v) is 2.53. The number of carbonyl (C=O) groups is 1. The molecule has 4 heteroatoms. The van der Waals surface area contributed by atoms with Crippen molar-refractivity contribution in [2.45, 2.75) is 38.8 Å². The van der Waals surface area contributed by atoms with Gasteiger partial charge in [0.05, 0.1) is 12.0 Å². The Morgan fingerprint density at radius 1 is 1.56 bits per heavy atom. The lowest BCUT2D eigenvalue weighted by molar-refractivity contribution is -0.123. The van der Waals surface area contributed by atoms with Crippen molar-refractivity contribution in [1.29, 1.82) is 0 Å². The van der Waals surface area contributed by atoms with Gasteiger partial charge < -0.3 is 15.8 Å². The Balaban J connectivity index is 2.05. The summed E-state index contributed by atoms with van der Waals surface area (Å²) in [4.78, 5) is 11.6. The highest BCUT2D eigenvalue weighted by Gasteiger charge is 2.21. The molecule has 16 heavy (non-hydrogen) atoms. The highest BCUT2D eigenvalue weighted by Crippen LogP contribution is 2.15. The van der Waals surface area contributed by atoms with Gasteiger partial charge in [0.2, 0.25) is 5.91 Å². The summed E-state index contributed by atoms with van der Waals surface area (Å²) in [6.45, 7) is 5.37. The number of hydrogen-bond donors (Lipinski definition) is 2. The lowest BCUT2D eigenvalue weighted by atomic mass is 10.1. The van der Waals surface area contributed by atoms with Gasteiger partial charge in [0, 0.05) is 19.2 Å². The fourth-order valence-corrected chi connectivity index (χ4v) is 1.66. The van der Waals surface area contributed by atoms with Crippen LogP contribution < -0.4 is 11.1 Å². The molecule has 0 aromatic rings. The van der Waals surface area contributed by atoms with E-state index < -0.39 is 0 Å². The van der Waals surface area contributed by atoms with E-state index in [-0.39, 0.29) is 24.0 Å². The quantitative estimate of drug-likeness (QED) is 0.520. The van der Waals surface area contributed by atoms with Crippen molar-refractivity contribution in [3.63, 3.8) is 0 Å². The van der Waals surface area contributed by atoms with Gasteiger partial charge in [-0.25, -0.2) is 0 Å². The molecule has 0 spiro atoms. The molecule has 1 amide bonds. The van der Waals surface area contributed by atoms with Crippen LogP contribution in [0.5, 0.6) is 0 Å². The smallest absolute Gasteiger partial charge is 0.226 e. The molecule has 2 unspecified atom stereocenters. The van der Waals surface area contributed by atoms with E-state index in [1.54, 1.807) is 0 Å². The van der Waals surface area contributed by atoms with E-state index >= 15 is 0 Å². The summed E-state index contributed by atoms with van der Waals surface area (Å²) in [5.74, 6) is 0.0368. The van der Waals surface area contributed by atoms with Gasteiger partial charge in [-0.05, 0) is 26.7 Å².